The Morgan fingerprint density at radius 3 is 1.55 bits per heavy atom. The summed E-state index contributed by atoms with van der Waals surface area (Å²) in [4.78, 5) is 0. The largest absolute Gasteiger partial charge is 0.508 e. The molecule has 3 aromatic rings. The van der Waals surface area contributed by atoms with Gasteiger partial charge in [0.05, 0.1) is 13.2 Å². The number of aromatic hydroxyl groups is 2. The molecule has 3 aromatic carbocycles. The SMILES string of the molecule is OCC1OC(Oc2ccc(Oc3ccc(C=Cc4cc(O)cc(O)c4)cc3)cc2OC2OC(CO)C(O)C(O)C2O)C(O)C(O)C1O. The molecule has 10 atom stereocenters. The van der Waals surface area contributed by atoms with Crippen molar-refractivity contribution in [1.82, 2.24) is 0 Å². The summed E-state index contributed by atoms with van der Waals surface area (Å²) in [5.74, 6) is 0.0958. The molecule has 0 aromatic heterocycles. The summed E-state index contributed by atoms with van der Waals surface area (Å²) < 4.78 is 28.4. The third-order valence-electron chi connectivity index (χ3n) is 7.61. The number of phenolic OH excluding ortho intramolecular Hbond substituents is 2. The Bertz CT molecular complexity index is 1490. The molecule has 10 unspecified atom stereocenters. The monoisotopic (exact) mass is 660 g/mol. The van der Waals surface area contributed by atoms with E-state index in [4.69, 9.17) is 23.7 Å². The minimum Gasteiger partial charge on any atom is -0.508 e. The van der Waals surface area contributed by atoms with Crippen molar-refractivity contribution in [2.75, 3.05) is 13.2 Å². The lowest BCUT2D eigenvalue weighted by molar-refractivity contribution is -0.282. The van der Waals surface area contributed by atoms with Gasteiger partial charge in [-0.15, -0.1) is 0 Å². The van der Waals surface area contributed by atoms with Crippen LogP contribution in [0.5, 0.6) is 34.5 Å². The van der Waals surface area contributed by atoms with E-state index < -0.39 is 74.6 Å². The average molecular weight is 661 g/mol. The highest BCUT2D eigenvalue weighted by Gasteiger charge is 2.46. The molecule has 2 heterocycles. The second-order valence-electron chi connectivity index (χ2n) is 11.0. The van der Waals surface area contributed by atoms with Crippen molar-refractivity contribution in [2.45, 2.75) is 61.4 Å². The molecule has 0 bridgehead atoms. The Balaban J connectivity index is 1.38. The van der Waals surface area contributed by atoms with Crippen LogP contribution in [0.2, 0.25) is 0 Å². The van der Waals surface area contributed by atoms with E-state index in [1.807, 2.05) is 0 Å². The van der Waals surface area contributed by atoms with E-state index in [2.05, 4.69) is 0 Å². The minimum absolute atomic E-state index is 0.0760. The zero-order chi connectivity index (χ0) is 33.8. The number of hydrogen-bond donors (Lipinski definition) is 10. The lowest BCUT2D eigenvalue weighted by Crippen LogP contribution is -2.60. The van der Waals surface area contributed by atoms with E-state index in [0.29, 0.717) is 11.3 Å². The first-order valence-corrected chi connectivity index (χ1v) is 14.5. The highest BCUT2D eigenvalue weighted by molar-refractivity contribution is 5.71. The summed E-state index contributed by atoms with van der Waals surface area (Å²) in [5.41, 5.74) is 1.36. The molecule has 2 saturated heterocycles. The van der Waals surface area contributed by atoms with Crippen molar-refractivity contribution in [3.63, 3.8) is 0 Å². The number of ether oxygens (including phenoxy) is 5. The van der Waals surface area contributed by atoms with Gasteiger partial charge in [0.15, 0.2) is 11.5 Å². The van der Waals surface area contributed by atoms with E-state index >= 15 is 0 Å². The predicted octanol–water partition coefficient (Wildman–Crippen LogP) is -0.582. The van der Waals surface area contributed by atoms with Gasteiger partial charge in [-0.2, -0.15) is 0 Å². The van der Waals surface area contributed by atoms with Gasteiger partial charge < -0.3 is 74.7 Å². The minimum atomic E-state index is -1.78. The topological polar surface area (TPSA) is 248 Å². The van der Waals surface area contributed by atoms with Gasteiger partial charge in [-0.1, -0.05) is 24.3 Å². The number of phenols is 2. The zero-order valence-electron chi connectivity index (χ0n) is 24.6. The van der Waals surface area contributed by atoms with Crippen molar-refractivity contribution in [1.29, 1.82) is 0 Å². The Hall–Kier alpha value is -4.00. The highest BCUT2D eigenvalue weighted by Crippen LogP contribution is 2.38. The van der Waals surface area contributed by atoms with Crippen LogP contribution in [0, 0.1) is 0 Å². The van der Waals surface area contributed by atoms with E-state index in [1.165, 1.54) is 36.4 Å². The van der Waals surface area contributed by atoms with E-state index in [9.17, 15) is 51.1 Å². The second kappa shape index (κ2) is 14.8. The van der Waals surface area contributed by atoms with Crippen LogP contribution in [0.4, 0.5) is 0 Å². The lowest BCUT2D eigenvalue weighted by atomic mass is 9.99. The van der Waals surface area contributed by atoms with Crippen molar-refractivity contribution >= 4 is 12.2 Å². The van der Waals surface area contributed by atoms with Crippen LogP contribution in [-0.4, -0.2) is 126 Å². The maximum absolute atomic E-state index is 10.5. The number of benzene rings is 3. The normalized spacial score (nSPS) is 31.1. The van der Waals surface area contributed by atoms with Gasteiger partial charge in [-0.3, -0.25) is 0 Å². The molecule has 0 radical (unpaired) electrons. The number of hydrogen-bond acceptors (Lipinski definition) is 15. The fourth-order valence-electron chi connectivity index (χ4n) is 5.01. The molecule has 254 valence electrons. The van der Waals surface area contributed by atoms with Gasteiger partial charge in [-0.25, -0.2) is 0 Å². The third kappa shape index (κ3) is 7.94. The standard InChI is InChI=1S/C32H36O15/c33-13-23-25(37)27(39)29(41)31(46-23)44-21-8-7-20(12-22(21)45-32-30(42)28(40)26(38)24(14-34)47-32)43-19-5-3-15(4-6-19)1-2-16-9-17(35)11-18(36)10-16/h1-12,23-42H,13-14H2. The first-order valence-electron chi connectivity index (χ1n) is 14.5. The summed E-state index contributed by atoms with van der Waals surface area (Å²) >= 11 is 0. The Morgan fingerprint density at radius 1 is 0.532 bits per heavy atom. The maximum Gasteiger partial charge on any atom is 0.229 e. The van der Waals surface area contributed by atoms with Gasteiger partial charge in [-0.05, 0) is 47.5 Å². The lowest BCUT2D eigenvalue weighted by Gasteiger charge is -2.40. The molecule has 15 nitrogen and oxygen atoms in total. The van der Waals surface area contributed by atoms with E-state index in [0.717, 1.165) is 5.56 Å². The van der Waals surface area contributed by atoms with Crippen LogP contribution in [-0.2, 0) is 9.47 Å². The van der Waals surface area contributed by atoms with Crippen molar-refractivity contribution in [2.24, 2.45) is 0 Å². The summed E-state index contributed by atoms with van der Waals surface area (Å²) in [5, 5.41) is 100. The van der Waals surface area contributed by atoms with Crippen LogP contribution in [0.1, 0.15) is 11.1 Å². The molecule has 2 aliphatic rings. The first kappa shape index (κ1) is 34.3. The molecular weight excluding hydrogens is 624 g/mol. The van der Waals surface area contributed by atoms with Gasteiger partial charge in [0, 0.05) is 12.1 Å². The summed E-state index contributed by atoms with van der Waals surface area (Å²) in [6.45, 7) is -1.40. The Kier molecular flexibility index (Phi) is 10.8. The van der Waals surface area contributed by atoms with Gasteiger partial charge >= 0.3 is 0 Å². The van der Waals surface area contributed by atoms with Gasteiger partial charge in [0.1, 0.15) is 71.8 Å². The third-order valence-corrected chi connectivity index (χ3v) is 7.61. The molecule has 0 aliphatic carbocycles. The van der Waals surface area contributed by atoms with Crippen molar-refractivity contribution in [3.05, 3.63) is 71.8 Å². The highest BCUT2D eigenvalue weighted by atomic mass is 16.7. The molecule has 2 aliphatic heterocycles. The molecule has 0 saturated carbocycles. The molecule has 15 heteroatoms. The van der Waals surface area contributed by atoms with Gasteiger partial charge in [0.2, 0.25) is 12.6 Å². The number of aliphatic hydroxyl groups excluding tert-OH is 8. The Labute approximate surface area is 267 Å². The summed E-state index contributed by atoms with van der Waals surface area (Å²) in [6.07, 6.45) is -12.6. The molecule has 47 heavy (non-hydrogen) atoms. The fraction of sp³-hybridized carbons (Fsp3) is 0.375. The van der Waals surface area contributed by atoms with Crippen LogP contribution in [0.25, 0.3) is 12.2 Å². The molecule has 0 amide bonds. The van der Waals surface area contributed by atoms with Gasteiger partial charge in [0.25, 0.3) is 0 Å². The summed E-state index contributed by atoms with van der Waals surface area (Å²) in [6, 6.07) is 15.1. The second-order valence-corrected chi connectivity index (χ2v) is 11.0. The van der Waals surface area contributed by atoms with E-state index in [1.54, 1.807) is 36.4 Å². The van der Waals surface area contributed by atoms with Crippen LogP contribution >= 0.6 is 0 Å². The quantitative estimate of drug-likeness (QED) is 0.122. The predicted molar refractivity (Wildman–Crippen MR) is 160 cm³/mol. The van der Waals surface area contributed by atoms with Crippen molar-refractivity contribution in [3.8, 4) is 34.5 Å². The molecule has 5 rings (SSSR count). The maximum atomic E-state index is 10.5. The fourth-order valence-corrected chi connectivity index (χ4v) is 5.01. The molecule has 2 fully saturated rings. The van der Waals surface area contributed by atoms with Crippen LogP contribution in [0.3, 0.4) is 0 Å². The smallest absolute Gasteiger partial charge is 0.229 e. The van der Waals surface area contributed by atoms with E-state index in [-0.39, 0.29) is 28.7 Å². The number of rotatable bonds is 10. The first-order chi connectivity index (χ1) is 22.5. The zero-order valence-corrected chi connectivity index (χ0v) is 24.6. The number of aliphatic hydroxyl groups is 8. The summed E-state index contributed by atoms with van der Waals surface area (Å²) in [7, 11) is 0. The molecular formula is C32H36O15. The van der Waals surface area contributed by atoms with Crippen LogP contribution in [0.15, 0.2) is 60.7 Å². The Morgan fingerprint density at radius 2 is 1.02 bits per heavy atom. The molecule has 0 spiro atoms. The average Bonchev–Trinajstić information content (AvgIpc) is 3.05. The van der Waals surface area contributed by atoms with Crippen LogP contribution < -0.4 is 14.2 Å². The van der Waals surface area contributed by atoms with Crippen molar-refractivity contribution < 1.29 is 74.7 Å². The molecule has 10 N–H and O–H groups in total.